The number of amides is 1. The predicted molar refractivity (Wildman–Crippen MR) is 56.7 cm³/mol. The highest BCUT2D eigenvalue weighted by Gasteiger charge is 2.10. The average Bonchev–Trinajstić information content (AvgIpc) is 2.79. The lowest BCUT2D eigenvalue weighted by Crippen LogP contribution is -2.16. The van der Waals surface area contributed by atoms with E-state index in [-0.39, 0.29) is 5.91 Å². The van der Waals surface area contributed by atoms with Crippen LogP contribution >= 0.6 is 0 Å². The molecular weight excluding hydrogens is 192 g/mol. The molecule has 2 N–H and O–H groups in total. The van der Waals surface area contributed by atoms with Gasteiger partial charge in [0.15, 0.2) is 0 Å². The van der Waals surface area contributed by atoms with Gasteiger partial charge in [-0.05, 0) is 19.1 Å². The van der Waals surface area contributed by atoms with Gasteiger partial charge in [0, 0.05) is 18.8 Å². The van der Waals surface area contributed by atoms with Crippen molar-refractivity contribution in [1.29, 1.82) is 0 Å². The molecule has 5 nitrogen and oxygen atoms in total. The molecule has 0 aromatic carbocycles. The van der Waals surface area contributed by atoms with Gasteiger partial charge < -0.3 is 9.88 Å². The highest BCUT2D eigenvalue weighted by Crippen LogP contribution is 2.08. The van der Waals surface area contributed by atoms with Crippen LogP contribution in [0.1, 0.15) is 16.2 Å². The van der Waals surface area contributed by atoms with E-state index < -0.39 is 0 Å². The van der Waals surface area contributed by atoms with Gasteiger partial charge in [0.1, 0.15) is 11.5 Å². The summed E-state index contributed by atoms with van der Waals surface area (Å²) in [6.07, 6.45) is 1.59. The number of aromatic nitrogens is 3. The van der Waals surface area contributed by atoms with Crippen LogP contribution in [0.15, 0.2) is 24.4 Å². The van der Waals surface area contributed by atoms with E-state index in [1.807, 2.05) is 24.6 Å². The van der Waals surface area contributed by atoms with Crippen LogP contribution in [0.5, 0.6) is 0 Å². The van der Waals surface area contributed by atoms with Gasteiger partial charge in [-0.1, -0.05) is 0 Å². The molecule has 0 spiro atoms. The van der Waals surface area contributed by atoms with Crippen molar-refractivity contribution in [3.63, 3.8) is 0 Å². The van der Waals surface area contributed by atoms with Gasteiger partial charge in [0.05, 0.1) is 6.20 Å². The molecule has 0 aliphatic carbocycles. The van der Waals surface area contributed by atoms with Gasteiger partial charge in [-0.2, -0.15) is 5.10 Å². The van der Waals surface area contributed by atoms with Gasteiger partial charge in [-0.3, -0.25) is 9.89 Å². The topological polar surface area (TPSA) is 62.7 Å². The Hall–Kier alpha value is -2.04. The Kier molecular flexibility index (Phi) is 2.29. The molecule has 0 aliphatic heterocycles. The van der Waals surface area contributed by atoms with Crippen LogP contribution in [-0.4, -0.2) is 20.7 Å². The zero-order valence-electron chi connectivity index (χ0n) is 8.61. The van der Waals surface area contributed by atoms with Crippen LogP contribution < -0.4 is 5.32 Å². The molecule has 2 rings (SSSR count). The molecular formula is C10H12N4O. The number of hydrogen-bond donors (Lipinski definition) is 2. The van der Waals surface area contributed by atoms with Crippen LogP contribution in [0.2, 0.25) is 0 Å². The maximum Gasteiger partial charge on any atom is 0.273 e. The van der Waals surface area contributed by atoms with Gasteiger partial charge in [-0.25, -0.2) is 0 Å². The molecule has 0 bridgehead atoms. The van der Waals surface area contributed by atoms with E-state index in [0.717, 1.165) is 5.69 Å². The molecule has 0 unspecified atom stereocenters. The Morgan fingerprint density at radius 2 is 2.27 bits per heavy atom. The van der Waals surface area contributed by atoms with E-state index in [2.05, 4.69) is 15.5 Å². The number of anilines is 1. The summed E-state index contributed by atoms with van der Waals surface area (Å²) in [5.74, 6) is 0.453. The number of carbonyl (C=O) groups is 1. The number of carbonyl (C=O) groups excluding carboxylic acids is 1. The monoisotopic (exact) mass is 204 g/mol. The molecule has 15 heavy (non-hydrogen) atoms. The summed E-state index contributed by atoms with van der Waals surface area (Å²) in [5, 5.41) is 9.14. The normalized spacial score (nSPS) is 10.3. The van der Waals surface area contributed by atoms with Crippen LogP contribution in [0.4, 0.5) is 5.82 Å². The third kappa shape index (κ3) is 1.76. The number of aromatic amines is 1. The van der Waals surface area contributed by atoms with Crippen molar-refractivity contribution in [2.24, 2.45) is 7.05 Å². The second-order valence-corrected chi connectivity index (χ2v) is 3.34. The number of nitrogens with zero attached hydrogens (tertiary/aromatic N) is 2. The van der Waals surface area contributed by atoms with Crippen molar-refractivity contribution in [3.8, 4) is 0 Å². The van der Waals surface area contributed by atoms with E-state index in [4.69, 9.17) is 0 Å². The molecule has 2 aromatic heterocycles. The largest absolute Gasteiger partial charge is 0.344 e. The first-order chi connectivity index (χ1) is 7.18. The number of H-pyrrole nitrogens is 1. The van der Waals surface area contributed by atoms with Crippen molar-refractivity contribution < 1.29 is 4.79 Å². The lowest BCUT2D eigenvalue weighted by atomic mass is 10.4. The molecule has 0 fully saturated rings. The summed E-state index contributed by atoms with van der Waals surface area (Å²) in [6, 6.07) is 5.40. The van der Waals surface area contributed by atoms with Crippen molar-refractivity contribution in [2.75, 3.05) is 5.32 Å². The van der Waals surface area contributed by atoms with Crippen LogP contribution in [0.3, 0.4) is 0 Å². The fraction of sp³-hybridized carbons (Fsp3) is 0.200. The van der Waals surface area contributed by atoms with Crippen LogP contribution in [0, 0.1) is 6.92 Å². The van der Waals surface area contributed by atoms with Crippen molar-refractivity contribution in [2.45, 2.75) is 6.92 Å². The van der Waals surface area contributed by atoms with E-state index >= 15 is 0 Å². The van der Waals surface area contributed by atoms with E-state index in [1.54, 1.807) is 18.3 Å². The summed E-state index contributed by atoms with van der Waals surface area (Å²) in [4.78, 5) is 11.8. The molecule has 1 amide bonds. The summed E-state index contributed by atoms with van der Waals surface area (Å²) < 4.78 is 1.84. The van der Waals surface area contributed by atoms with Gasteiger partial charge in [-0.15, -0.1) is 0 Å². The van der Waals surface area contributed by atoms with Crippen molar-refractivity contribution >= 4 is 11.7 Å². The third-order valence-corrected chi connectivity index (χ3v) is 2.35. The second kappa shape index (κ2) is 3.61. The average molecular weight is 204 g/mol. The van der Waals surface area contributed by atoms with Crippen LogP contribution in [-0.2, 0) is 7.05 Å². The second-order valence-electron chi connectivity index (χ2n) is 3.34. The molecule has 5 heteroatoms. The fourth-order valence-electron chi connectivity index (χ4n) is 1.35. The minimum atomic E-state index is -0.144. The molecule has 0 saturated heterocycles. The zero-order chi connectivity index (χ0) is 10.8. The Morgan fingerprint density at radius 3 is 2.80 bits per heavy atom. The third-order valence-electron chi connectivity index (χ3n) is 2.35. The Labute approximate surface area is 87.1 Å². The summed E-state index contributed by atoms with van der Waals surface area (Å²) in [6.45, 7) is 1.95. The van der Waals surface area contributed by atoms with Crippen molar-refractivity contribution in [1.82, 2.24) is 14.8 Å². The number of rotatable bonds is 2. The van der Waals surface area contributed by atoms with Gasteiger partial charge in [0.25, 0.3) is 5.91 Å². The highest BCUT2D eigenvalue weighted by molar-refractivity contribution is 6.02. The standard InChI is InChI=1S/C10H12N4O/c1-7-3-4-8(14(7)2)10(15)12-9-5-6-11-13-9/h3-6H,1-2H3,(H2,11,12,13,15). The number of hydrogen-bond acceptors (Lipinski definition) is 2. The predicted octanol–water partition coefficient (Wildman–Crippen LogP) is 1.31. The van der Waals surface area contributed by atoms with Gasteiger partial charge >= 0.3 is 0 Å². The molecule has 0 aliphatic rings. The van der Waals surface area contributed by atoms with E-state index in [9.17, 15) is 4.79 Å². The van der Waals surface area contributed by atoms with E-state index in [0.29, 0.717) is 11.5 Å². The first-order valence-electron chi connectivity index (χ1n) is 4.61. The molecule has 2 heterocycles. The molecule has 0 atom stereocenters. The molecule has 78 valence electrons. The minimum Gasteiger partial charge on any atom is -0.344 e. The van der Waals surface area contributed by atoms with Crippen LogP contribution in [0.25, 0.3) is 0 Å². The summed E-state index contributed by atoms with van der Waals surface area (Å²) in [5.41, 5.74) is 1.67. The van der Waals surface area contributed by atoms with Crippen molar-refractivity contribution in [3.05, 3.63) is 35.8 Å². The SMILES string of the molecule is Cc1ccc(C(=O)Nc2ccn[nH]2)n1C. The molecule has 0 saturated carbocycles. The summed E-state index contributed by atoms with van der Waals surface area (Å²) in [7, 11) is 1.86. The lowest BCUT2D eigenvalue weighted by molar-refractivity contribution is 0.101. The first kappa shape index (κ1) is 9.51. The highest BCUT2D eigenvalue weighted by atomic mass is 16.2. The Balaban J connectivity index is 2.19. The number of nitrogens with one attached hydrogen (secondary N) is 2. The Bertz CT molecular complexity index is 470. The number of aryl methyl sites for hydroxylation is 1. The summed E-state index contributed by atoms with van der Waals surface area (Å²) >= 11 is 0. The first-order valence-corrected chi connectivity index (χ1v) is 4.61. The van der Waals surface area contributed by atoms with E-state index in [1.165, 1.54) is 0 Å². The smallest absolute Gasteiger partial charge is 0.273 e. The maximum atomic E-state index is 11.8. The lowest BCUT2D eigenvalue weighted by Gasteiger charge is -2.04. The Morgan fingerprint density at radius 1 is 1.47 bits per heavy atom. The fourth-order valence-corrected chi connectivity index (χ4v) is 1.35. The molecule has 2 aromatic rings. The zero-order valence-corrected chi connectivity index (χ0v) is 8.61. The molecule has 0 radical (unpaired) electrons. The maximum absolute atomic E-state index is 11.8. The van der Waals surface area contributed by atoms with Gasteiger partial charge in [0.2, 0.25) is 0 Å². The minimum absolute atomic E-state index is 0.144. The quantitative estimate of drug-likeness (QED) is 0.774.